The number of phenols is 2. The van der Waals surface area contributed by atoms with Crippen molar-refractivity contribution >= 4 is 28.7 Å². The molecule has 0 aliphatic carbocycles. The van der Waals surface area contributed by atoms with Gasteiger partial charge >= 0.3 is 6.09 Å². The zero-order chi connectivity index (χ0) is 23.7. The van der Waals surface area contributed by atoms with Crippen LogP contribution in [0.4, 0.5) is 4.79 Å². The second-order valence-corrected chi connectivity index (χ2v) is 8.53. The lowest BCUT2D eigenvalue weighted by Crippen LogP contribution is -2.44. The van der Waals surface area contributed by atoms with Gasteiger partial charge in [0.15, 0.2) is 5.43 Å². The number of nitrogens with one attached hydrogen (secondary N) is 1. The first-order chi connectivity index (χ1) is 15.8. The number of halogens is 1. The van der Waals surface area contributed by atoms with Gasteiger partial charge in [0, 0.05) is 42.3 Å². The molecule has 2 heterocycles. The summed E-state index contributed by atoms with van der Waals surface area (Å²) in [6.45, 7) is 3.31. The van der Waals surface area contributed by atoms with Crippen molar-refractivity contribution in [3.8, 4) is 22.8 Å². The predicted molar refractivity (Wildman–Crippen MR) is 125 cm³/mol. The summed E-state index contributed by atoms with van der Waals surface area (Å²) in [7, 11) is 1.91. The molecule has 8 nitrogen and oxygen atoms in total. The van der Waals surface area contributed by atoms with Gasteiger partial charge in [-0.2, -0.15) is 0 Å². The molecule has 3 aromatic rings. The van der Waals surface area contributed by atoms with Crippen molar-refractivity contribution in [1.82, 2.24) is 10.2 Å². The molecule has 0 spiro atoms. The number of benzene rings is 2. The van der Waals surface area contributed by atoms with E-state index in [2.05, 4.69) is 5.32 Å². The van der Waals surface area contributed by atoms with Crippen LogP contribution in [0.15, 0.2) is 45.6 Å². The van der Waals surface area contributed by atoms with Gasteiger partial charge in [0.25, 0.3) is 0 Å². The zero-order valence-electron chi connectivity index (χ0n) is 18.3. The van der Waals surface area contributed by atoms with Gasteiger partial charge in [0.05, 0.1) is 5.02 Å². The average Bonchev–Trinajstić information content (AvgIpc) is 2.75. The second kappa shape index (κ2) is 9.33. The molecule has 1 fully saturated rings. The maximum atomic E-state index is 13.0. The Morgan fingerprint density at radius 2 is 2.03 bits per heavy atom. The van der Waals surface area contributed by atoms with Crippen molar-refractivity contribution in [1.29, 1.82) is 0 Å². The van der Waals surface area contributed by atoms with E-state index in [9.17, 15) is 19.8 Å². The molecule has 3 N–H and O–H groups in total. The third-order valence-corrected chi connectivity index (χ3v) is 6.18. The molecule has 4 rings (SSSR count). The summed E-state index contributed by atoms with van der Waals surface area (Å²) in [6, 6.07) is 9.31. The molecule has 2 aromatic carbocycles. The standard InChI is InChI=1S/C24H25ClN2O6/c1-3-26-24(31)33-20-12-27(2)9-8-14(20)21-16(28)10-17(29)22-18(30)11-19(32-23(21)22)13-6-4-5-7-15(13)25/h4-7,10-11,14,20,28-29H,3,8-9,12H2,1-2H3,(H,26,31)/t14-,20+/m0/s1. The summed E-state index contributed by atoms with van der Waals surface area (Å²) >= 11 is 6.31. The van der Waals surface area contributed by atoms with Gasteiger partial charge in [-0.25, -0.2) is 4.79 Å². The topological polar surface area (TPSA) is 112 Å². The number of ether oxygens (including phenoxy) is 1. The normalized spacial score (nSPS) is 18.9. The maximum Gasteiger partial charge on any atom is 0.407 e. The fraction of sp³-hybridized carbons (Fsp3) is 0.333. The molecular weight excluding hydrogens is 448 g/mol. The molecule has 0 radical (unpaired) electrons. The predicted octanol–water partition coefficient (Wildman–Crippen LogP) is 4.06. The zero-order valence-corrected chi connectivity index (χ0v) is 19.1. The Kier molecular flexibility index (Phi) is 6.49. The van der Waals surface area contributed by atoms with Crippen LogP contribution in [0.3, 0.4) is 0 Å². The number of likely N-dealkylation sites (N-methyl/N-ethyl adjacent to an activating group) is 1. The van der Waals surface area contributed by atoms with Crippen LogP contribution in [0.25, 0.3) is 22.3 Å². The molecule has 1 aliphatic heterocycles. The number of aromatic hydroxyl groups is 2. The van der Waals surface area contributed by atoms with Gasteiger partial charge in [-0.1, -0.05) is 23.7 Å². The molecule has 1 aromatic heterocycles. The number of phenolic OH excluding ortho intramolecular Hbond substituents is 2. The highest BCUT2D eigenvalue weighted by atomic mass is 35.5. The number of alkyl carbamates (subject to hydrolysis) is 1. The number of hydrogen-bond donors (Lipinski definition) is 3. The lowest BCUT2D eigenvalue weighted by atomic mass is 9.85. The van der Waals surface area contributed by atoms with E-state index in [1.165, 1.54) is 6.07 Å². The first-order valence-electron chi connectivity index (χ1n) is 10.7. The Bertz CT molecular complexity index is 1260. The molecule has 1 amide bonds. The Labute approximate surface area is 195 Å². The minimum Gasteiger partial charge on any atom is -0.507 e. The molecule has 0 unspecified atom stereocenters. The molecule has 0 bridgehead atoms. The summed E-state index contributed by atoms with van der Waals surface area (Å²) in [5.41, 5.74) is 0.398. The van der Waals surface area contributed by atoms with Crippen LogP contribution in [0, 0.1) is 0 Å². The minimum absolute atomic E-state index is 0.0470. The van der Waals surface area contributed by atoms with Crippen LogP contribution in [0.1, 0.15) is 24.8 Å². The lowest BCUT2D eigenvalue weighted by molar-refractivity contribution is 0.0355. The smallest absolute Gasteiger partial charge is 0.407 e. The highest BCUT2D eigenvalue weighted by molar-refractivity contribution is 6.33. The average molecular weight is 473 g/mol. The van der Waals surface area contributed by atoms with Crippen molar-refractivity contribution in [3.63, 3.8) is 0 Å². The van der Waals surface area contributed by atoms with Crippen LogP contribution >= 0.6 is 11.6 Å². The van der Waals surface area contributed by atoms with Crippen molar-refractivity contribution in [3.05, 3.63) is 57.2 Å². The number of hydrogen-bond acceptors (Lipinski definition) is 7. The summed E-state index contributed by atoms with van der Waals surface area (Å²) in [5, 5.41) is 24.3. The molecule has 1 aliphatic rings. The summed E-state index contributed by atoms with van der Waals surface area (Å²) in [5.74, 6) is -0.881. The molecule has 0 saturated carbocycles. The molecule has 1 saturated heterocycles. The number of likely N-dealkylation sites (tertiary alicyclic amines) is 1. The van der Waals surface area contributed by atoms with E-state index in [-0.39, 0.29) is 28.2 Å². The quantitative estimate of drug-likeness (QED) is 0.525. The molecular formula is C24H25ClN2O6. The van der Waals surface area contributed by atoms with Crippen molar-refractivity contribution in [2.45, 2.75) is 25.4 Å². The number of carbonyl (C=O) groups is 1. The largest absolute Gasteiger partial charge is 0.507 e. The minimum atomic E-state index is -0.608. The first-order valence-corrected chi connectivity index (χ1v) is 11.1. The van der Waals surface area contributed by atoms with Crippen LogP contribution in [-0.4, -0.2) is 54.0 Å². The van der Waals surface area contributed by atoms with E-state index in [1.54, 1.807) is 31.2 Å². The monoisotopic (exact) mass is 472 g/mol. The molecule has 9 heteroatoms. The Morgan fingerprint density at radius 3 is 2.76 bits per heavy atom. The summed E-state index contributed by atoms with van der Waals surface area (Å²) in [4.78, 5) is 27.2. The molecule has 2 atom stereocenters. The van der Waals surface area contributed by atoms with Crippen LogP contribution in [0.2, 0.25) is 5.02 Å². The number of fused-ring (bicyclic) bond motifs is 1. The van der Waals surface area contributed by atoms with E-state index < -0.39 is 23.5 Å². The van der Waals surface area contributed by atoms with Crippen molar-refractivity contribution in [2.24, 2.45) is 0 Å². The van der Waals surface area contributed by atoms with E-state index in [0.717, 1.165) is 6.07 Å². The Morgan fingerprint density at radius 1 is 1.27 bits per heavy atom. The number of carbonyl (C=O) groups excluding carboxylic acids is 1. The third kappa shape index (κ3) is 4.49. The summed E-state index contributed by atoms with van der Waals surface area (Å²) < 4.78 is 11.8. The first kappa shape index (κ1) is 22.9. The maximum absolute atomic E-state index is 13.0. The number of amides is 1. The van der Waals surface area contributed by atoms with Gasteiger partial charge in [0.2, 0.25) is 0 Å². The lowest BCUT2D eigenvalue weighted by Gasteiger charge is -2.36. The van der Waals surface area contributed by atoms with Gasteiger partial charge in [-0.05, 0) is 39.1 Å². The number of nitrogens with zero attached hydrogens (tertiary/aromatic N) is 1. The van der Waals surface area contributed by atoms with Crippen molar-refractivity contribution in [2.75, 3.05) is 26.7 Å². The Hall–Kier alpha value is -3.23. The number of rotatable bonds is 4. The van der Waals surface area contributed by atoms with Crippen LogP contribution in [-0.2, 0) is 4.74 Å². The van der Waals surface area contributed by atoms with Gasteiger partial charge in [-0.3, -0.25) is 4.79 Å². The van der Waals surface area contributed by atoms with Crippen LogP contribution in [0.5, 0.6) is 11.5 Å². The van der Waals surface area contributed by atoms with E-state index >= 15 is 0 Å². The third-order valence-electron chi connectivity index (χ3n) is 5.85. The van der Waals surface area contributed by atoms with Gasteiger partial charge in [-0.15, -0.1) is 0 Å². The number of piperidine rings is 1. The van der Waals surface area contributed by atoms with Crippen molar-refractivity contribution < 1.29 is 24.2 Å². The second-order valence-electron chi connectivity index (χ2n) is 8.12. The van der Waals surface area contributed by atoms with E-state index in [1.807, 2.05) is 11.9 Å². The molecule has 33 heavy (non-hydrogen) atoms. The highest BCUT2D eigenvalue weighted by Gasteiger charge is 2.36. The summed E-state index contributed by atoms with van der Waals surface area (Å²) in [6.07, 6.45) is -0.639. The molecule has 174 valence electrons. The Balaban J connectivity index is 1.91. The SMILES string of the molecule is CCNC(=O)O[C@@H]1CN(C)CC[C@@H]1c1c(O)cc(O)c2c(=O)cc(-c3ccccc3Cl)oc12. The highest BCUT2D eigenvalue weighted by Crippen LogP contribution is 2.43. The van der Waals surface area contributed by atoms with Gasteiger partial charge < -0.3 is 29.6 Å². The fourth-order valence-electron chi connectivity index (χ4n) is 4.32. The van der Waals surface area contributed by atoms with Crippen LogP contribution < -0.4 is 10.7 Å². The van der Waals surface area contributed by atoms with E-state index in [0.29, 0.717) is 42.2 Å². The van der Waals surface area contributed by atoms with Gasteiger partial charge in [0.1, 0.15) is 34.3 Å². The fourth-order valence-corrected chi connectivity index (χ4v) is 4.55. The van der Waals surface area contributed by atoms with E-state index in [4.69, 9.17) is 20.8 Å².